The molecule has 0 atom stereocenters. The Bertz CT molecular complexity index is 1160. The maximum atomic E-state index is 12.4. The van der Waals surface area contributed by atoms with Crippen LogP contribution in [0.15, 0.2) is 54.6 Å². The van der Waals surface area contributed by atoms with Crippen LogP contribution in [-0.2, 0) is 9.47 Å². The first-order valence-electron chi connectivity index (χ1n) is 11.1. The van der Waals surface area contributed by atoms with E-state index in [4.69, 9.17) is 14.2 Å². The van der Waals surface area contributed by atoms with Crippen LogP contribution in [0, 0.1) is 0 Å². The van der Waals surface area contributed by atoms with Crippen molar-refractivity contribution in [2.45, 2.75) is 44.1 Å². The van der Waals surface area contributed by atoms with Crippen molar-refractivity contribution in [3.8, 4) is 11.6 Å². The van der Waals surface area contributed by atoms with Crippen molar-refractivity contribution >= 4 is 11.9 Å². The zero-order valence-corrected chi connectivity index (χ0v) is 18.9. The lowest BCUT2D eigenvalue weighted by Gasteiger charge is -2.28. The largest absolute Gasteiger partial charge is 0.573 e. The molecule has 36 heavy (non-hydrogen) atoms. The molecule has 0 amide bonds. The molecule has 4 rings (SSSR count). The number of nitrogens with zero attached hydrogens (tertiary/aromatic N) is 2. The van der Waals surface area contributed by atoms with Crippen molar-refractivity contribution < 1.29 is 41.7 Å². The van der Waals surface area contributed by atoms with Crippen LogP contribution in [-0.4, -0.2) is 46.6 Å². The van der Waals surface area contributed by atoms with Crippen LogP contribution < -0.4 is 9.47 Å². The summed E-state index contributed by atoms with van der Waals surface area (Å²) in [6.07, 6.45) is -2.21. The Balaban J connectivity index is 1.24. The first kappa shape index (κ1) is 25.0. The van der Waals surface area contributed by atoms with Crippen LogP contribution in [0.4, 0.5) is 13.2 Å². The smallest absolute Gasteiger partial charge is 0.472 e. The third-order valence-corrected chi connectivity index (χ3v) is 5.65. The monoisotopic (exact) mass is 505 g/mol. The van der Waals surface area contributed by atoms with Crippen LogP contribution in [0.3, 0.4) is 0 Å². The van der Waals surface area contributed by atoms with E-state index in [0.29, 0.717) is 18.4 Å². The van der Waals surface area contributed by atoms with Crippen LogP contribution in [0.1, 0.15) is 58.0 Å². The summed E-state index contributed by atoms with van der Waals surface area (Å²) in [5.41, 5.74) is 1.13. The van der Waals surface area contributed by atoms with Gasteiger partial charge in [-0.15, -0.1) is 13.2 Å². The molecule has 1 fully saturated rings. The second kappa shape index (κ2) is 11.1. The van der Waals surface area contributed by atoms with Gasteiger partial charge in [-0.25, -0.2) is 14.7 Å². The Morgan fingerprint density at radius 2 is 1.58 bits per heavy atom. The molecule has 1 N–H and O–H groups in total. The van der Waals surface area contributed by atoms with Crippen molar-refractivity contribution in [1.82, 2.24) is 15.4 Å². The lowest BCUT2D eigenvalue weighted by atomic mass is 9.83. The highest BCUT2D eigenvalue weighted by Gasteiger charge is 2.31. The highest BCUT2D eigenvalue weighted by Crippen LogP contribution is 2.35. The van der Waals surface area contributed by atoms with Crippen LogP contribution in [0.2, 0.25) is 0 Å². The van der Waals surface area contributed by atoms with Crippen molar-refractivity contribution in [1.29, 1.82) is 0 Å². The number of rotatable bonds is 8. The molecule has 0 bridgehead atoms. The first-order chi connectivity index (χ1) is 17.3. The maximum absolute atomic E-state index is 12.4. The number of nitrogens with one attached hydrogen (secondary N) is 1. The Morgan fingerprint density at radius 1 is 0.917 bits per heavy atom. The summed E-state index contributed by atoms with van der Waals surface area (Å²) in [5.74, 6) is -1.60. The lowest BCUT2D eigenvalue weighted by molar-refractivity contribution is -0.274. The fourth-order valence-electron chi connectivity index (χ4n) is 3.91. The third kappa shape index (κ3) is 6.74. The number of hydrogen-bond donors (Lipinski definition) is 1. The Hall–Kier alpha value is -4.09. The van der Waals surface area contributed by atoms with E-state index in [1.807, 2.05) is 0 Å². The zero-order chi connectivity index (χ0) is 25.5. The molecule has 1 saturated carbocycles. The van der Waals surface area contributed by atoms with E-state index in [2.05, 4.69) is 20.1 Å². The van der Waals surface area contributed by atoms with E-state index in [-0.39, 0.29) is 29.3 Å². The summed E-state index contributed by atoms with van der Waals surface area (Å²) in [6.45, 7) is -0.594. The summed E-state index contributed by atoms with van der Waals surface area (Å²) in [6, 6.07) is 14.1. The molecule has 3 aromatic rings. The van der Waals surface area contributed by atoms with E-state index in [9.17, 15) is 22.8 Å². The molecule has 1 aliphatic rings. The van der Waals surface area contributed by atoms with Gasteiger partial charge in [0.05, 0.1) is 5.56 Å². The Labute approximate surface area is 203 Å². The number of carbonyl (C=O) groups excluding carboxylic acids is 2. The number of aromatic amines is 1. The predicted molar refractivity (Wildman–Crippen MR) is 117 cm³/mol. The SMILES string of the molecule is O=C(OCOC(=O)c1[nH]nnc1OC1CCC(c2ccc(OC(F)(F)F)cc2)CC1)c1ccccc1. The standard InChI is InChI=1S/C24H22F3N3O6/c25-24(26,27)36-19-12-8-16(9-13-19)15-6-10-18(11-7-15)35-21-20(28-30-29-21)23(32)34-14-33-22(31)17-4-2-1-3-5-17/h1-5,8-9,12-13,15,18H,6-7,10-11,14H2,(H,28,29,30). The summed E-state index contributed by atoms with van der Waals surface area (Å²) in [5, 5.41) is 9.82. The molecule has 9 nitrogen and oxygen atoms in total. The van der Waals surface area contributed by atoms with Crippen LogP contribution in [0.25, 0.3) is 0 Å². The molecule has 12 heteroatoms. The molecule has 0 unspecified atom stereocenters. The number of benzene rings is 2. The molecule has 190 valence electrons. The highest BCUT2D eigenvalue weighted by atomic mass is 19.4. The molecule has 1 heterocycles. The van der Waals surface area contributed by atoms with Gasteiger partial charge in [-0.2, -0.15) is 0 Å². The lowest BCUT2D eigenvalue weighted by Crippen LogP contribution is -2.24. The summed E-state index contributed by atoms with van der Waals surface area (Å²) in [4.78, 5) is 24.3. The minimum Gasteiger partial charge on any atom is -0.472 e. The predicted octanol–water partition coefficient (Wildman–Crippen LogP) is 4.78. The van der Waals surface area contributed by atoms with Gasteiger partial charge in [-0.3, -0.25) is 0 Å². The van der Waals surface area contributed by atoms with E-state index in [1.54, 1.807) is 42.5 Å². The van der Waals surface area contributed by atoms with E-state index < -0.39 is 25.1 Å². The van der Waals surface area contributed by atoms with Crippen molar-refractivity contribution in [3.63, 3.8) is 0 Å². The van der Waals surface area contributed by atoms with Gasteiger partial charge in [0.1, 0.15) is 11.9 Å². The van der Waals surface area contributed by atoms with E-state index >= 15 is 0 Å². The number of H-pyrrole nitrogens is 1. The minimum absolute atomic E-state index is 0.0218. The molecule has 0 radical (unpaired) electrons. The van der Waals surface area contributed by atoms with Gasteiger partial charge in [0, 0.05) is 0 Å². The van der Waals surface area contributed by atoms with Gasteiger partial charge in [0.2, 0.25) is 12.5 Å². The third-order valence-electron chi connectivity index (χ3n) is 5.65. The van der Waals surface area contributed by atoms with E-state index in [0.717, 1.165) is 18.4 Å². The van der Waals surface area contributed by atoms with Gasteiger partial charge in [-0.05, 0) is 61.4 Å². The number of esters is 2. The minimum atomic E-state index is -4.73. The topological polar surface area (TPSA) is 113 Å². The molecule has 1 aromatic heterocycles. The average molecular weight is 505 g/mol. The molecule has 1 aliphatic carbocycles. The number of halogens is 3. The number of ether oxygens (including phenoxy) is 4. The number of aromatic nitrogens is 3. The first-order valence-corrected chi connectivity index (χ1v) is 11.1. The molecule has 2 aromatic carbocycles. The van der Waals surface area contributed by atoms with Gasteiger partial charge in [0.25, 0.3) is 5.88 Å². The highest BCUT2D eigenvalue weighted by molar-refractivity contribution is 5.90. The molecule has 0 spiro atoms. The van der Waals surface area contributed by atoms with Crippen LogP contribution in [0.5, 0.6) is 11.6 Å². The van der Waals surface area contributed by atoms with Crippen molar-refractivity contribution in [2.75, 3.05) is 6.79 Å². The van der Waals surface area contributed by atoms with Crippen LogP contribution >= 0.6 is 0 Å². The summed E-state index contributed by atoms with van der Waals surface area (Å²) in [7, 11) is 0. The Morgan fingerprint density at radius 3 is 2.25 bits per heavy atom. The average Bonchev–Trinajstić information content (AvgIpc) is 3.33. The molecule has 0 saturated heterocycles. The van der Waals surface area contributed by atoms with Gasteiger partial charge in [0.15, 0.2) is 0 Å². The van der Waals surface area contributed by atoms with E-state index in [1.165, 1.54) is 12.1 Å². The Kier molecular flexibility index (Phi) is 7.71. The normalized spacial score (nSPS) is 17.8. The number of carbonyl (C=O) groups is 2. The molecule has 0 aliphatic heterocycles. The summed E-state index contributed by atoms with van der Waals surface area (Å²) < 4.78 is 56.7. The molecular weight excluding hydrogens is 483 g/mol. The fourth-order valence-corrected chi connectivity index (χ4v) is 3.91. The second-order valence-electron chi connectivity index (χ2n) is 8.05. The second-order valence-corrected chi connectivity index (χ2v) is 8.05. The maximum Gasteiger partial charge on any atom is 0.573 e. The fraction of sp³-hybridized carbons (Fsp3) is 0.333. The zero-order valence-electron chi connectivity index (χ0n) is 18.9. The van der Waals surface area contributed by atoms with Crippen molar-refractivity contribution in [2.24, 2.45) is 0 Å². The van der Waals surface area contributed by atoms with Gasteiger partial charge < -0.3 is 18.9 Å². The van der Waals surface area contributed by atoms with Gasteiger partial charge in [-0.1, -0.05) is 40.6 Å². The summed E-state index contributed by atoms with van der Waals surface area (Å²) >= 11 is 0. The van der Waals surface area contributed by atoms with Crippen molar-refractivity contribution in [3.05, 3.63) is 71.4 Å². The number of hydrogen-bond acceptors (Lipinski definition) is 8. The number of alkyl halides is 3. The quantitative estimate of drug-likeness (QED) is 0.344. The molecular formula is C24H22F3N3O6. The van der Waals surface area contributed by atoms with Gasteiger partial charge >= 0.3 is 18.3 Å².